The summed E-state index contributed by atoms with van der Waals surface area (Å²) >= 11 is 13.7. The van der Waals surface area contributed by atoms with Gasteiger partial charge in [0.15, 0.2) is 0 Å². The zero-order chi connectivity index (χ0) is 15.0. The van der Waals surface area contributed by atoms with Crippen molar-refractivity contribution in [3.8, 4) is 0 Å². The summed E-state index contributed by atoms with van der Waals surface area (Å²) in [6, 6.07) is 10.3. The van der Waals surface area contributed by atoms with Crippen LogP contribution >= 0.6 is 34.5 Å². The molecule has 1 atom stereocenters. The van der Waals surface area contributed by atoms with Crippen LogP contribution in [0.1, 0.15) is 18.0 Å². The number of fused-ring (bicyclic) bond motifs is 1. The number of nitrogens with zero attached hydrogens (tertiary/aromatic N) is 1. The third-order valence-electron chi connectivity index (χ3n) is 3.05. The first-order valence-electron chi connectivity index (χ1n) is 6.31. The third kappa shape index (κ3) is 2.98. The zero-order valence-electron chi connectivity index (χ0n) is 11.0. The van der Waals surface area contributed by atoms with Gasteiger partial charge in [0.2, 0.25) is 0 Å². The maximum Gasteiger partial charge on any atom is 0.126 e. The van der Waals surface area contributed by atoms with Crippen molar-refractivity contribution >= 4 is 50.4 Å². The second-order valence-corrected chi connectivity index (χ2v) is 6.51. The quantitative estimate of drug-likeness (QED) is 0.640. The van der Waals surface area contributed by atoms with E-state index in [4.69, 9.17) is 23.2 Å². The number of aromatic nitrogens is 1. The predicted molar refractivity (Wildman–Crippen MR) is 88.1 cm³/mol. The molecule has 0 saturated carbocycles. The summed E-state index contributed by atoms with van der Waals surface area (Å²) in [4.78, 5) is 4.58. The van der Waals surface area contributed by atoms with Gasteiger partial charge >= 0.3 is 0 Å². The van der Waals surface area contributed by atoms with Gasteiger partial charge in [-0.05, 0) is 31.2 Å². The molecule has 0 amide bonds. The van der Waals surface area contributed by atoms with Crippen LogP contribution in [0.2, 0.25) is 10.0 Å². The first-order chi connectivity index (χ1) is 10.0. The van der Waals surface area contributed by atoms with Crippen molar-refractivity contribution < 1.29 is 4.39 Å². The van der Waals surface area contributed by atoms with Gasteiger partial charge in [0, 0.05) is 0 Å². The van der Waals surface area contributed by atoms with Gasteiger partial charge in [-0.3, -0.25) is 0 Å². The molecule has 0 radical (unpaired) electrons. The Morgan fingerprint density at radius 2 is 1.86 bits per heavy atom. The van der Waals surface area contributed by atoms with Gasteiger partial charge in [-0.15, -0.1) is 11.3 Å². The Morgan fingerprint density at radius 1 is 1.19 bits per heavy atom. The molecule has 0 bridgehead atoms. The van der Waals surface area contributed by atoms with Crippen molar-refractivity contribution in [2.75, 3.05) is 5.32 Å². The summed E-state index contributed by atoms with van der Waals surface area (Å²) < 4.78 is 14.3. The summed E-state index contributed by atoms with van der Waals surface area (Å²) in [5.74, 6) is -0.455. The van der Waals surface area contributed by atoms with E-state index in [0.717, 1.165) is 15.2 Å². The maximum absolute atomic E-state index is 13.2. The molecule has 108 valence electrons. The molecule has 0 aliphatic carbocycles. The van der Waals surface area contributed by atoms with Crippen molar-refractivity contribution in [2.24, 2.45) is 0 Å². The number of hydrogen-bond acceptors (Lipinski definition) is 3. The molecule has 1 heterocycles. The molecular weight excluding hydrogens is 330 g/mol. The summed E-state index contributed by atoms with van der Waals surface area (Å²) in [6.45, 7) is 1.97. The lowest BCUT2D eigenvalue weighted by atomic mass is 10.2. The first-order valence-corrected chi connectivity index (χ1v) is 7.88. The van der Waals surface area contributed by atoms with Crippen LogP contribution < -0.4 is 5.32 Å². The van der Waals surface area contributed by atoms with Crippen molar-refractivity contribution in [2.45, 2.75) is 13.0 Å². The monoisotopic (exact) mass is 340 g/mol. The zero-order valence-corrected chi connectivity index (χ0v) is 13.4. The molecule has 2 nitrogen and oxygen atoms in total. The van der Waals surface area contributed by atoms with E-state index in [-0.39, 0.29) is 16.1 Å². The molecule has 6 heteroatoms. The number of benzene rings is 2. The fourth-order valence-corrected chi connectivity index (χ4v) is 3.57. The molecule has 0 fully saturated rings. The Labute approximate surface area is 135 Å². The van der Waals surface area contributed by atoms with Crippen LogP contribution in [0.25, 0.3) is 10.2 Å². The summed E-state index contributed by atoms with van der Waals surface area (Å²) in [6.07, 6.45) is 0. The minimum absolute atomic E-state index is 0.0807. The number of nitrogens with one attached hydrogen (secondary N) is 1. The smallest absolute Gasteiger partial charge is 0.126 e. The SMILES string of the molecule is CC(Nc1c(Cl)cc(F)cc1Cl)c1nc2ccccc2s1. The number of halogens is 3. The number of para-hydroxylation sites is 1. The molecule has 1 aromatic heterocycles. The van der Waals surface area contributed by atoms with Gasteiger partial charge in [0.05, 0.1) is 32.0 Å². The number of rotatable bonds is 3. The lowest BCUT2D eigenvalue weighted by Gasteiger charge is -2.15. The second-order valence-electron chi connectivity index (χ2n) is 4.63. The van der Waals surface area contributed by atoms with E-state index in [1.165, 1.54) is 12.1 Å². The molecule has 0 aliphatic rings. The number of anilines is 1. The van der Waals surface area contributed by atoms with Gasteiger partial charge in [0.25, 0.3) is 0 Å². The molecule has 1 N–H and O–H groups in total. The van der Waals surface area contributed by atoms with Crippen molar-refractivity contribution in [3.05, 3.63) is 57.3 Å². The molecule has 0 aliphatic heterocycles. The number of thiazole rings is 1. The normalized spacial score (nSPS) is 12.6. The van der Waals surface area contributed by atoms with E-state index in [9.17, 15) is 4.39 Å². The molecule has 0 saturated heterocycles. The Bertz CT molecular complexity index is 747. The first kappa shape index (κ1) is 14.6. The van der Waals surface area contributed by atoms with E-state index >= 15 is 0 Å². The third-order valence-corrected chi connectivity index (χ3v) is 4.86. The highest BCUT2D eigenvalue weighted by Crippen LogP contribution is 2.35. The van der Waals surface area contributed by atoms with Crippen LogP contribution in [-0.2, 0) is 0 Å². The van der Waals surface area contributed by atoms with Crippen molar-refractivity contribution in [1.82, 2.24) is 4.98 Å². The van der Waals surface area contributed by atoms with Gasteiger partial charge in [0.1, 0.15) is 10.8 Å². The Morgan fingerprint density at radius 3 is 2.52 bits per heavy atom. The minimum Gasteiger partial charge on any atom is -0.374 e. The van der Waals surface area contributed by atoms with Crippen LogP contribution in [0.3, 0.4) is 0 Å². The van der Waals surface area contributed by atoms with Crippen molar-refractivity contribution in [1.29, 1.82) is 0 Å². The summed E-state index contributed by atoms with van der Waals surface area (Å²) in [7, 11) is 0. The van der Waals surface area contributed by atoms with Crippen LogP contribution in [0, 0.1) is 5.82 Å². The molecule has 21 heavy (non-hydrogen) atoms. The van der Waals surface area contributed by atoms with Crippen LogP contribution in [-0.4, -0.2) is 4.98 Å². The van der Waals surface area contributed by atoms with E-state index in [1.807, 2.05) is 31.2 Å². The van der Waals surface area contributed by atoms with Crippen LogP contribution in [0.15, 0.2) is 36.4 Å². The maximum atomic E-state index is 13.2. The molecule has 3 rings (SSSR count). The standard InChI is InChI=1S/C15H11Cl2FN2S/c1-8(15-20-12-4-2-3-5-13(12)21-15)19-14-10(16)6-9(18)7-11(14)17/h2-8,19H,1H3. The fourth-order valence-electron chi connectivity index (χ4n) is 2.03. The van der Waals surface area contributed by atoms with Crippen LogP contribution in [0.4, 0.5) is 10.1 Å². The predicted octanol–water partition coefficient (Wildman–Crippen LogP) is 5.92. The highest BCUT2D eigenvalue weighted by Gasteiger charge is 2.15. The van der Waals surface area contributed by atoms with Gasteiger partial charge in [-0.2, -0.15) is 0 Å². The fraction of sp³-hybridized carbons (Fsp3) is 0.133. The van der Waals surface area contributed by atoms with E-state index in [2.05, 4.69) is 10.3 Å². The Balaban J connectivity index is 1.91. The highest BCUT2D eigenvalue weighted by molar-refractivity contribution is 7.18. The Kier molecular flexibility index (Phi) is 4.02. The lowest BCUT2D eigenvalue weighted by Crippen LogP contribution is -2.07. The highest BCUT2D eigenvalue weighted by atomic mass is 35.5. The number of hydrogen-bond donors (Lipinski definition) is 1. The van der Waals surface area contributed by atoms with Gasteiger partial charge in [-0.1, -0.05) is 35.3 Å². The summed E-state index contributed by atoms with van der Waals surface area (Å²) in [5.41, 5.74) is 1.48. The minimum atomic E-state index is -0.455. The van der Waals surface area contributed by atoms with Crippen LogP contribution in [0.5, 0.6) is 0 Å². The molecule has 3 aromatic rings. The topological polar surface area (TPSA) is 24.9 Å². The molecule has 2 aromatic carbocycles. The molecule has 0 spiro atoms. The largest absolute Gasteiger partial charge is 0.374 e. The van der Waals surface area contributed by atoms with Gasteiger partial charge < -0.3 is 5.32 Å². The average molecular weight is 341 g/mol. The Hall–Kier alpha value is -1.36. The van der Waals surface area contributed by atoms with E-state index in [1.54, 1.807) is 11.3 Å². The van der Waals surface area contributed by atoms with E-state index in [0.29, 0.717) is 5.69 Å². The van der Waals surface area contributed by atoms with Gasteiger partial charge in [-0.25, -0.2) is 9.37 Å². The molecular formula is C15H11Cl2FN2S. The molecule has 1 unspecified atom stereocenters. The van der Waals surface area contributed by atoms with E-state index < -0.39 is 5.82 Å². The van der Waals surface area contributed by atoms with Crippen molar-refractivity contribution in [3.63, 3.8) is 0 Å². The average Bonchev–Trinajstić information content (AvgIpc) is 2.86. The second kappa shape index (κ2) is 5.79. The lowest BCUT2D eigenvalue weighted by molar-refractivity contribution is 0.628. The summed E-state index contributed by atoms with van der Waals surface area (Å²) in [5, 5.41) is 4.64.